The summed E-state index contributed by atoms with van der Waals surface area (Å²) in [5.41, 5.74) is 8.09. The first-order valence-corrected chi connectivity index (χ1v) is 11.6. The Labute approximate surface area is 184 Å². The van der Waals surface area contributed by atoms with Crippen LogP contribution in [0.4, 0.5) is 0 Å². The van der Waals surface area contributed by atoms with Crippen LogP contribution in [-0.4, -0.2) is 42.5 Å². The molecule has 2 atom stereocenters. The van der Waals surface area contributed by atoms with Crippen LogP contribution in [0.3, 0.4) is 0 Å². The number of nitrogens with two attached hydrogens (primary N) is 1. The average Bonchev–Trinajstić information content (AvgIpc) is 2.73. The van der Waals surface area contributed by atoms with Gasteiger partial charge in [-0.15, -0.1) is 5.10 Å². The van der Waals surface area contributed by atoms with Crippen LogP contribution < -0.4 is 10.5 Å². The molecule has 2 aromatic rings. The molecule has 30 heavy (non-hydrogen) atoms. The standard InChI is InChI=1S/C24H32N4OS/c1-19-14-20(2)17-28(16-19)12-13-29-23-11-7-6-10-22(23)15-26-27-24(25)30-18-21-8-4-3-5-9-21/h3-11,15,19-20H,12-14,16-18H2,1-2H3,(H2,25,27). The second-order valence-electron chi connectivity index (χ2n) is 8.05. The van der Waals surface area contributed by atoms with Crippen molar-refractivity contribution < 1.29 is 4.74 Å². The highest BCUT2D eigenvalue weighted by molar-refractivity contribution is 8.13. The van der Waals surface area contributed by atoms with E-state index in [0.29, 0.717) is 11.8 Å². The minimum atomic E-state index is 0.446. The lowest BCUT2D eigenvalue weighted by Gasteiger charge is -2.34. The van der Waals surface area contributed by atoms with Gasteiger partial charge in [0.15, 0.2) is 5.17 Å². The van der Waals surface area contributed by atoms with Crippen molar-refractivity contribution in [2.45, 2.75) is 26.0 Å². The molecule has 160 valence electrons. The minimum Gasteiger partial charge on any atom is -0.492 e. The minimum absolute atomic E-state index is 0.446. The first kappa shape index (κ1) is 22.4. The predicted octanol–water partition coefficient (Wildman–Crippen LogP) is 4.63. The smallest absolute Gasteiger partial charge is 0.180 e. The molecule has 0 aromatic heterocycles. The number of ether oxygens (including phenoxy) is 1. The Hall–Kier alpha value is -2.31. The summed E-state index contributed by atoms with van der Waals surface area (Å²) in [6.07, 6.45) is 3.03. The first-order valence-electron chi connectivity index (χ1n) is 10.6. The summed E-state index contributed by atoms with van der Waals surface area (Å²) >= 11 is 1.48. The third kappa shape index (κ3) is 7.50. The SMILES string of the molecule is CC1CC(C)CN(CCOc2ccccc2C=NN=C(N)SCc2ccccc2)C1. The van der Waals surface area contributed by atoms with Gasteiger partial charge in [0.1, 0.15) is 12.4 Å². The summed E-state index contributed by atoms with van der Waals surface area (Å²) in [6.45, 7) is 8.60. The number of amidine groups is 1. The largest absolute Gasteiger partial charge is 0.492 e. The lowest BCUT2D eigenvalue weighted by molar-refractivity contribution is 0.120. The fourth-order valence-electron chi connectivity index (χ4n) is 3.89. The Morgan fingerprint density at radius 2 is 1.80 bits per heavy atom. The Morgan fingerprint density at radius 1 is 1.10 bits per heavy atom. The Bertz CT molecular complexity index is 830. The molecule has 1 aliphatic heterocycles. The summed E-state index contributed by atoms with van der Waals surface area (Å²) in [6, 6.07) is 18.1. The quantitative estimate of drug-likeness (QED) is 0.381. The van der Waals surface area contributed by atoms with E-state index in [2.05, 4.69) is 41.1 Å². The van der Waals surface area contributed by atoms with Gasteiger partial charge in [0.25, 0.3) is 0 Å². The van der Waals surface area contributed by atoms with Crippen molar-refractivity contribution in [1.29, 1.82) is 0 Å². The van der Waals surface area contributed by atoms with Crippen molar-refractivity contribution in [3.05, 3.63) is 65.7 Å². The average molecular weight is 425 g/mol. The van der Waals surface area contributed by atoms with Crippen molar-refractivity contribution >= 4 is 23.1 Å². The van der Waals surface area contributed by atoms with Gasteiger partial charge in [0.05, 0.1) is 6.21 Å². The number of rotatable bonds is 8. The number of nitrogens with zero attached hydrogens (tertiary/aromatic N) is 3. The molecule has 3 rings (SSSR count). The highest BCUT2D eigenvalue weighted by Crippen LogP contribution is 2.21. The molecular formula is C24H32N4OS. The van der Waals surface area contributed by atoms with Crippen LogP contribution in [0.2, 0.25) is 0 Å². The highest BCUT2D eigenvalue weighted by Gasteiger charge is 2.21. The van der Waals surface area contributed by atoms with E-state index in [4.69, 9.17) is 10.5 Å². The summed E-state index contributed by atoms with van der Waals surface area (Å²) in [5, 5.41) is 8.71. The second kappa shape index (κ2) is 11.8. The van der Waals surface area contributed by atoms with E-state index in [1.807, 2.05) is 42.5 Å². The third-order valence-electron chi connectivity index (χ3n) is 5.11. The van der Waals surface area contributed by atoms with E-state index in [1.165, 1.54) is 23.7 Å². The molecule has 2 N–H and O–H groups in total. The normalized spacial score (nSPS) is 20.5. The van der Waals surface area contributed by atoms with Gasteiger partial charge in [-0.3, -0.25) is 4.90 Å². The van der Waals surface area contributed by atoms with Gasteiger partial charge in [0, 0.05) is 31.0 Å². The number of benzene rings is 2. The number of thioether (sulfide) groups is 1. The molecule has 0 amide bonds. The summed E-state index contributed by atoms with van der Waals surface area (Å²) in [5.74, 6) is 3.12. The number of para-hydroxylation sites is 1. The maximum absolute atomic E-state index is 6.06. The van der Waals surface area contributed by atoms with E-state index in [-0.39, 0.29) is 0 Å². The van der Waals surface area contributed by atoms with Gasteiger partial charge in [-0.2, -0.15) is 5.10 Å². The maximum Gasteiger partial charge on any atom is 0.180 e. The monoisotopic (exact) mass is 424 g/mol. The predicted molar refractivity (Wildman–Crippen MR) is 128 cm³/mol. The van der Waals surface area contributed by atoms with Crippen molar-refractivity contribution in [3.63, 3.8) is 0 Å². The zero-order valence-electron chi connectivity index (χ0n) is 17.9. The molecule has 1 fully saturated rings. The number of hydrogen-bond acceptors (Lipinski definition) is 5. The molecule has 1 aliphatic rings. The summed E-state index contributed by atoms with van der Waals surface area (Å²) in [7, 11) is 0. The molecule has 0 radical (unpaired) electrons. The van der Waals surface area contributed by atoms with E-state index in [0.717, 1.165) is 48.5 Å². The highest BCUT2D eigenvalue weighted by atomic mass is 32.2. The molecule has 5 nitrogen and oxygen atoms in total. The van der Waals surface area contributed by atoms with E-state index >= 15 is 0 Å². The van der Waals surface area contributed by atoms with Gasteiger partial charge in [-0.25, -0.2) is 0 Å². The Kier molecular flexibility index (Phi) is 8.78. The number of likely N-dealkylation sites (tertiary alicyclic amines) is 1. The lowest BCUT2D eigenvalue weighted by atomic mass is 9.92. The zero-order valence-corrected chi connectivity index (χ0v) is 18.7. The Balaban J connectivity index is 1.49. The van der Waals surface area contributed by atoms with Crippen LogP contribution in [-0.2, 0) is 5.75 Å². The molecule has 2 aromatic carbocycles. The molecule has 0 aliphatic carbocycles. The number of hydrogen-bond donors (Lipinski definition) is 1. The van der Waals surface area contributed by atoms with Crippen LogP contribution >= 0.6 is 11.8 Å². The molecular weight excluding hydrogens is 392 g/mol. The maximum atomic E-state index is 6.06. The Morgan fingerprint density at radius 3 is 2.57 bits per heavy atom. The van der Waals surface area contributed by atoms with Crippen LogP contribution in [0.15, 0.2) is 64.8 Å². The van der Waals surface area contributed by atoms with Crippen LogP contribution in [0.25, 0.3) is 0 Å². The lowest BCUT2D eigenvalue weighted by Crippen LogP contribution is -2.40. The van der Waals surface area contributed by atoms with Crippen LogP contribution in [0, 0.1) is 11.8 Å². The van der Waals surface area contributed by atoms with Gasteiger partial charge < -0.3 is 10.5 Å². The van der Waals surface area contributed by atoms with Gasteiger partial charge in [0.2, 0.25) is 0 Å². The van der Waals surface area contributed by atoms with Crippen molar-refractivity contribution in [2.75, 3.05) is 26.2 Å². The molecule has 2 unspecified atom stereocenters. The molecule has 6 heteroatoms. The first-order chi connectivity index (χ1) is 14.6. The fraction of sp³-hybridized carbons (Fsp3) is 0.417. The zero-order chi connectivity index (χ0) is 21.2. The van der Waals surface area contributed by atoms with Crippen LogP contribution in [0.1, 0.15) is 31.4 Å². The van der Waals surface area contributed by atoms with Crippen molar-refractivity contribution in [1.82, 2.24) is 4.90 Å². The topological polar surface area (TPSA) is 63.2 Å². The fourth-order valence-corrected chi connectivity index (χ4v) is 4.50. The summed E-state index contributed by atoms with van der Waals surface area (Å²) in [4.78, 5) is 2.50. The van der Waals surface area contributed by atoms with Crippen molar-refractivity contribution in [3.8, 4) is 5.75 Å². The third-order valence-corrected chi connectivity index (χ3v) is 5.97. The van der Waals surface area contributed by atoms with Gasteiger partial charge in [-0.1, -0.05) is 68.1 Å². The molecule has 0 saturated carbocycles. The summed E-state index contributed by atoms with van der Waals surface area (Å²) < 4.78 is 6.06. The van der Waals surface area contributed by atoms with E-state index < -0.39 is 0 Å². The van der Waals surface area contributed by atoms with Gasteiger partial charge in [-0.05, 0) is 36.0 Å². The molecule has 0 bridgehead atoms. The molecule has 1 saturated heterocycles. The van der Waals surface area contributed by atoms with E-state index in [9.17, 15) is 0 Å². The van der Waals surface area contributed by atoms with Gasteiger partial charge >= 0.3 is 0 Å². The molecule has 0 spiro atoms. The van der Waals surface area contributed by atoms with Crippen molar-refractivity contribution in [2.24, 2.45) is 27.8 Å². The van der Waals surface area contributed by atoms with E-state index in [1.54, 1.807) is 6.21 Å². The molecule has 1 heterocycles. The van der Waals surface area contributed by atoms with Crippen LogP contribution in [0.5, 0.6) is 5.75 Å². The number of piperidine rings is 1. The second-order valence-corrected chi connectivity index (χ2v) is 9.04.